The highest BCUT2D eigenvalue weighted by Crippen LogP contribution is 2.24. The van der Waals surface area contributed by atoms with Crippen molar-refractivity contribution < 1.29 is 9.47 Å². The maximum Gasteiger partial charge on any atom is 0.185 e. The zero-order valence-corrected chi connectivity index (χ0v) is 9.44. The number of ether oxygens (including phenoxy) is 2. The van der Waals surface area contributed by atoms with E-state index in [1.165, 1.54) is 14.2 Å². The fraction of sp³-hybridized carbons (Fsp3) is 0.800. The minimum Gasteiger partial charge on any atom is -0.484 e. The molecule has 0 unspecified atom stereocenters. The van der Waals surface area contributed by atoms with Gasteiger partial charge in [0.15, 0.2) is 11.8 Å². The summed E-state index contributed by atoms with van der Waals surface area (Å²) in [5.74, 6) is 0.589. The van der Waals surface area contributed by atoms with E-state index >= 15 is 0 Å². The van der Waals surface area contributed by atoms with Gasteiger partial charge in [0.25, 0.3) is 0 Å². The van der Waals surface area contributed by atoms with Crippen LogP contribution in [0.2, 0.25) is 0 Å². The fourth-order valence-electron chi connectivity index (χ4n) is 1.18. The van der Waals surface area contributed by atoms with Crippen LogP contribution in [0.15, 0.2) is 0 Å². The summed E-state index contributed by atoms with van der Waals surface area (Å²) >= 11 is 0. The van der Waals surface area contributed by atoms with Crippen LogP contribution >= 0.6 is 0 Å². The lowest BCUT2D eigenvalue weighted by Gasteiger charge is -2.23. The van der Waals surface area contributed by atoms with E-state index in [1.807, 2.05) is 13.8 Å². The van der Waals surface area contributed by atoms with Crippen LogP contribution in [-0.4, -0.2) is 26.0 Å². The van der Waals surface area contributed by atoms with Crippen molar-refractivity contribution in [2.75, 3.05) is 14.2 Å². The molecule has 2 N–H and O–H groups in total. The topological polar surface area (TPSA) is 66.2 Å². The lowest BCUT2D eigenvalue weighted by Crippen LogP contribution is -2.25. The van der Waals surface area contributed by atoms with Crippen molar-refractivity contribution in [3.05, 3.63) is 0 Å². The SMILES string of the molecule is COC(=N)CCCC(C)(C)C(=N)OC. The van der Waals surface area contributed by atoms with E-state index in [9.17, 15) is 0 Å². The smallest absolute Gasteiger partial charge is 0.185 e. The van der Waals surface area contributed by atoms with Gasteiger partial charge in [0.2, 0.25) is 0 Å². The molecular formula is C10H20N2O2. The van der Waals surface area contributed by atoms with Crippen molar-refractivity contribution in [2.45, 2.75) is 33.1 Å². The van der Waals surface area contributed by atoms with E-state index < -0.39 is 0 Å². The van der Waals surface area contributed by atoms with Gasteiger partial charge in [-0.05, 0) is 12.8 Å². The van der Waals surface area contributed by atoms with Crippen molar-refractivity contribution >= 4 is 11.8 Å². The first-order valence-corrected chi connectivity index (χ1v) is 4.68. The minimum atomic E-state index is -0.247. The molecule has 0 amide bonds. The third-order valence-corrected chi connectivity index (χ3v) is 2.27. The van der Waals surface area contributed by atoms with Gasteiger partial charge in [-0.3, -0.25) is 10.8 Å². The van der Waals surface area contributed by atoms with Gasteiger partial charge in [0.05, 0.1) is 14.2 Å². The molecule has 0 fully saturated rings. The minimum absolute atomic E-state index is 0.247. The van der Waals surface area contributed by atoms with E-state index in [0.29, 0.717) is 18.2 Å². The van der Waals surface area contributed by atoms with Crippen LogP contribution in [0.25, 0.3) is 0 Å². The van der Waals surface area contributed by atoms with Gasteiger partial charge < -0.3 is 9.47 Å². The van der Waals surface area contributed by atoms with Crippen LogP contribution in [0.3, 0.4) is 0 Å². The first kappa shape index (κ1) is 12.9. The molecule has 0 heterocycles. The molecule has 0 spiro atoms. The number of hydrogen-bond donors (Lipinski definition) is 2. The van der Waals surface area contributed by atoms with Crippen LogP contribution in [0.1, 0.15) is 33.1 Å². The summed E-state index contributed by atoms with van der Waals surface area (Å²) in [6.07, 6.45) is 2.29. The monoisotopic (exact) mass is 200 g/mol. The van der Waals surface area contributed by atoms with Gasteiger partial charge in [0, 0.05) is 11.8 Å². The Bertz CT molecular complexity index is 212. The molecule has 0 saturated carbocycles. The zero-order valence-electron chi connectivity index (χ0n) is 9.44. The van der Waals surface area contributed by atoms with Gasteiger partial charge in [-0.15, -0.1) is 0 Å². The molecule has 0 rings (SSSR count). The molecule has 4 heteroatoms. The first-order valence-electron chi connectivity index (χ1n) is 4.68. The van der Waals surface area contributed by atoms with E-state index in [-0.39, 0.29) is 5.41 Å². The number of rotatable bonds is 5. The standard InChI is InChI=1S/C10H20N2O2/c1-10(2,9(12)14-4)7-5-6-8(11)13-3/h11-12H,5-7H2,1-4H3. The lowest BCUT2D eigenvalue weighted by molar-refractivity contribution is 0.302. The second kappa shape index (κ2) is 5.62. The second-order valence-corrected chi connectivity index (χ2v) is 3.90. The van der Waals surface area contributed by atoms with E-state index in [4.69, 9.17) is 20.3 Å². The van der Waals surface area contributed by atoms with Gasteiger partial charge in [-0.1, -0.05) is 13.8 Å². The Balaban J connectivity index is 3.88. The van der Waals surface area contributed by atoms with Crippen molar-refractivity contribution in [2.24, 2.45) is 5.41 Å². The Morgan fingerprint density at radius 1 is 1.14 bits per heavy atom. The largest absolute Gasteiger partial charge is 0.484 e. The van der Waals surface area contributed by atoms with Crippen molar-refractivity contribution in [3.8, 4) is 0 Å². The molecule has 0 aliphatic rings. The highest BCUT2D eigenvalue weighted by molar-refractivity contribution is 5.78. The quantitative estimate of drug-likeness (QED) is 0.528. The van der Waals surface area contributed by atoms with Crippen molar-refractivity contribution in [1.29, 1.82) is 10.8 Å². The molecule has 0 aromatic rings. The molecular weight excluding hydrogens is 180 g/mol. The van der Waals surface area contributed by atoms with Crippen LogP contribution in [0.4, 0.5) is 0 Å². The van der Waals surface area contributed by atoms with E-state index in [2.05, 4.69) is 0 Å². The first-order chi connectivity index (χ1) is 6.44. The van der Waals surface area contributed by atoms with Gasteiger partial charge in [-0.25, -0.2) is 0 Å². The van der Waals surface area contributed by atoms with Crippen LogP contribution in [-0.2, 0) is 9.47 Å². The lowest BCUT2D eigenvalue weighted by atomic mass is 9.87. The average molecular weight is 200 g/mol. The van der Waals surface area contributed by atoms with Crippen LogP contribution < -0.4 is 0 Å². The highest BCUT2D eigenvalue weighted by Gasteiger charge is 2.24. The molecule has 4 nitrogen and oxygen atoms in total. The Kier molecular flexibility index (Phi) is 5.20. The summed E-state index contributed by atoms with van der Waals surface area (Å²) in [4.78, 5) is 0. The van der Waals surface area contributed by atoms with E-state index in [1.54, 1.807) is 0 Å². The molecule has 0 aliphatic heterocycles. The van der Waals surface area contributed by atoms with Crippen molar-refractivity contribution in [1.82, 2.24) is 0 Å². The third kappa shape index (κ3) is 4.25. The van der Waals surface area contributed by atoms with Gasteiger partial charge >= 0.3 is 0 Å². The Morgan fingerprint density at radius 3 is 2.14 bits per heavy atom. The molecule has 0 aromatic carbocycles. The molecule has 0 radical (unpaired) electrons. The zero-order chi connectivity index (χ0) is 11.2. The molecule has 82 valence electrons. The maximum absolute atomic E-state index is 7.56. The molecule has 0 saturated heterocycles. The highest BCUT2D eigenvalue weighted by atomic mass is 16.5. The van der Waals surface area contributed by atoms with E-state index in [0.717, 1.165) is 12.8 Å². The summed E-state index contributed by atoms with van der Waals surface area (Å²) in [7, 11) is 3.02. The molecule has 0 bridgehead atoms. The number of hydrogen-bond acceptors (Lipinski definition) is 4. The summed E-state index contributed by atoms with van der Waals surface area (Å²) in [5.41, 5.74) is -0.247. The summed E-state index contributed by atoms with van der Waals surface area (Å²) in [6, 6.07) is 0. The number of methoxy groups -OCH3 is 2. The summed E-state index contributed by atoms with van der Waals surface area (Å²) in [5, 5.41) is 14.9. The normalized spacial score (nSPS) is 10.9. The average Bonchev–Trinajstić information content (AvgIpc) is 2.15. The summed E-state index contributed by atoms with van der Waals surface area (Å²) in [6.45, 7) is 3.94. The predicted octanol–water partition coefficient (Wildman–Crippen LogP) is 2.43. The molecule has 0 aliphatic carbocycles. The molecule has 14 heavy (non-hydrogen) atoms. The third-order valence-electron chi connectivity index (χ3n) is 2.27. The maximum atomic E-state index is 7.56. The van der Waals surface area contributed by atoms with Crippen molar-refractivity contribution in [3.63, 3.8) is 0 Å². The summed E-state index contributed by atoms with van der Waals surface area (Å²) < 4.78 is 9.65. The Labute approximate surface area is 85.6 Å². The molecule has 0 atom stereocenters. The van der Waals surface area contributed by atoms with Gasteiger partial charge in [0.1, 0.15) is 0 Å². The van der Waals surface area contributed by atoms with Crippen LogP contribution in [0, 0.1) is 16.2 Å². The van der Waals surface area contributed by atoms with Crippen LogP contribution in [0.5, 0.6) is 0 Å². The second-order valence-electron chi connectivity index (χ2n) is 3.90. The van der Waals surface area contributed by atoms with Gasteiger partial charge in [-0.2, -0.15) is 0 Å². The Morgan fingerprint density at radius 2 is 1.71 bits per heavy atom. The number of nitrogens with one attached hydrogen (secondary N) is 2. The molecule has 0 aromatic heterocycles. The predicted molar refractivity (Wildman–Crippen MR) is 57.1 cm³/mol. The fourth-order valence-corrected chi connectivity index (χ4v) is 1.18. The Hall–Kier alpha value is -1.06.